The molecule has 8 nitrogen and oxygen atoms in total. The Morgan fingerprint density at radius 2 is 1.76 bits per heavy atom. The van der Waals surface area contributed by atoms with Gasteiger partial charge in [0.25, 0.3) is 0 Å². The number of nitrogens with one attached hydrogen (secondary N) is 3. The maximum atomic E-state index is 12.6. The molecule has 1 saturated carbocycles. The molecule has 1 aliphatic rings. The van der Waals surface area contributed by atoms with Gasteiger partial charge < -0.3 is 10.3 Å². The molecule has 5 aromatic heterocycles. The lowest BCUT2D eigenvalue weighted by Crippen LogP contribution is -2.20. The van der Waals surface area contributed by atoms with Crippen LogP contribution in [0.25, 0.3) is 55.6 Å². The van der Waals surface area contributed by atoms with Crippen LogP contribution in [0.1, 0.15) is 25.7 Å². The lowest BCUT2D eigenvalue weighted by molar-refractivity contribution is -0.119. The SMILES string of the molecule is O=C(Nc1cncc(-c2cc3c(-c4cc5c(-c6cccnc6)cccc5[nH]4)n[nH]c3cn2)c1)C1CCCC1. The highest BCUT2D eigenvalue weighted by Crippen LogP contribution is 2.35. The first-order chi connectivity index (χ1) is 18.7. The van der Waals surface area contributed by atoms with Crippen molar-refractivity contribution in [2.45, 2.75) is 25.7 Å². The van der Waals surface area contributed by atoms with Crippen LogP contribution in [0.5, 0.6) is 0 Å². The fourth-order valence-electron chi connectivity index (χ4n) is 5.42. The predicted octanol–water partition coefficient (Wildman–Crippen LogP) is 6.36. The Morgan fingerprint density at radius 3 is 2.63 bits per heavy atom. The van der Waals surface area contributed by atoms with Crippen molar-refractivity contribution in [2.75, 3.05) is 5.32 Å². The van der Waals surface area contributed by atoms with Gasteiger partial charge in [-0.2, -0.15) is 5.10 Å². The van der Waals surface area contributed by atoms with Gasteiger partial charge in [0.05, 0.1) is 35.0 Å². The lowest BCUT2D eigenvalue weighted by Gasteiger charge is -2.11. The summed E-state index contributed by atoms with van der Waals surface area (Å²) in [6, 6.07) is 16.3. The van der Waals surface area contributed by atoms with E-state index in [1.807, 2.05) is 30.5 Å². The van der Waals surface area contributed by atoms with E-state index in [1.165, 1.54) is 0 Å². The van der Waals surface area contributed by atoms with Crippen LogP contribution >= 0.6 is 0 Å². The number of H-pyrrole nitrogens is 2. The van der Waals surface area contributed by atoms with Gasteiger partial charge in [-0.25, -0.2) is 0 Å². The Balaban J connectivity index is 1.25. The molecule has 0 aliphatic heterocycles. The van der Waals surface area contributed by atoms with E-state index >= 15 is 0 Å². The molecule has 7 rings (SSSR count). The summed E-state index contributed by atoms with van der Waals surface area (Å²) in [5.41, 5.74) is 8.06. The van der Waals surface area contributed by atoms with Crippen molar-refractivity contribution in [1.82, 2.24) is 30.1 Å². The zero-order valence-electron chi connectivity index (χ0n) is 20.6. The highest BCUT2D eigenvalue weighted by molar-refractivity contribution is 6.01. The number of aromatic amines is 2. The average Bonchev–Trinajstić information content (AvgIpc) is 3.73. The monoisotopic (exact) mass is 499 g/mol. The van der Waals surface area contributed by atoms with Crippen LogP contribution in [-0.4, -0.2) is 36.0 Å². The predicted molar refractivity (Wildman–Crippen MR) is 148 cm³/mol. The minimum absolute atomic E-state index is 0.0754. The van der Waals surface area contributed by atoms with E-state index < -0.39 is 0 Å². The zero-order chi connectivity index (χ0) is 25.5. The second-order valence-corrected chi connectivity index (χ2v) is 9.81. The maximum absolute atomic E-state index is 12.6. The number of aromatic nitrogens is 6. The summed E-state index contributed by atoms with van der Waals surface area (Å²) in [7, 11) is 0. The number of amides is 1. The van der Waals surface area contributed by atoms with Gasteiger partial charge in [-0.1, -0.05) is 31.0 Å². The van der Waals surface area contributed by atoms with Crippen LogP contribution in [0.2, 0.25) is 0 Å². The molecule has 0 unspecified atom stereocenters. The van der Waals surface area contributed by atoms with Gasteiger partial charge in [0, 0.05) is 51.9 Å². The van der Waals surface area contributed by atoms with Crippen molar-refractivity contribution in [3.8, 4) is 33.8 Å². The van der Waals surface area contributed by atoms with Gasteiger partial charge in [0.1, 0.15) is 5.69 Å². The third-order valence-corrected chi connectivity index (χ3v) is 7.37. The quantitative estimate of drug-likeness (QED) is 0.256. The van der Waals surface area contributed by atoms with Crippen molar-refractivity contribution in [1.29, 1.82) is 0 Å². The number of fused-ring (bicyclic) bond motifs is 2. The zero-order valence-corrected chi connectivity index (χ0v) is 20.6. The van der Waals surface area contributed by atoms with Crippen molar-refractivity contribution >= 4 is 33.4 Å². The number of carbonyl (C=O) groups excluding carboxylic acids is 1. The molecule has 8 heteroatoms. The van der Waals surface area contributed by atoms with Gasteiger partial charge >= 0.3 is 0 Å². The fourth-order valence-corrected chi connectivity index (χ4v) is 5.42. The van der Waals surface area contributed by atoms with E-state index in [9.17, 15) is 4.79 Å². The van der Waals surface area contributed by atoms with E-state index in [1.54, 1.807) is 24.8 Å². The Labute approximate surface area is 218 Å². The van der Waals surface area contributed by atoms with Gasteiger partial charge in [0.15, 0.2) is 0 Å². The minimum Gasteiger partial charge on any atom is -0.353 e. The number of rotatable bonds is 5. The summed E-state index contributed by atoms with van der Waals surface area (Å²) < 4.78 is 0. The van der Waals surface area contributed by atoms with Crippen molar-refractivity contribution in [3.05, 3.63) is 79.5 Å². The van der Waals surface area contributed by atoms with E-state index in [-0.39, 0.29) is 11.8 Å². The highest BCUT2D eigenvalue weighted by atomic mass is 16.1. The molecule has 0 spiro atoms. The second-order valence-electron chi connectivity index (χ2n) is 9.81. The third kappa shape index (κ3) is 4.00. The molecule has 3 N–H and O–H groups in total. The van der Waals surface area contributed by atoms with Crippen molar-refractivity contribution < 1.29 is 4.79 Å². The van der Waals surface area contributed by atoms with Crippen molar-refractivity contribution in [2.24, 2.45) is 5.92 Å². The van der Waals surface area contributed by atoms with E-state index in [0.717, 1.165) is 81.3 Å². The van der Waals surface area contributed by atoms with Crippen LogP contribution < -0.4 is 5.32 Å². The normalized spacial score (nSPS) is 13.9. The largest absolute Gasteiger partial charge is 0.353 e. The molecule has 186 valence electrons. The molecule has 6 aromatic rings. The third-order valence-electron chi connectivity index (χ3n) is 7.37. The number of anilines is 1. The Hall–Kier alpha value is -4.85. The van der Waals surface area contributed by atoms with Crippen LogP contribution in [-0.2, 0) is 4.79 Å². The van der Waals surface area contributed by atoms with Crippen LogP contribution in [0.3, 0.4) is 0 Å². The van der Waals surface area contributed by atoms with E-state index in [4.69, 9.17) is 0 Å². The molecule has 1 aromatic carbocycles. The van der Waals surface area contributed by atoms with Gasteiger partial charge in [0.2, 0.25) is 5.91 Å². The molecular formula is C30H25N7O. The highest BCUT2D eigenvalue weighted by Gasteiger charge is 2.23. The smallest absolute Gasteiger partial charge is 0.227 e. The second kappa shape index (κ2) is 9.23. The summed E-state index contributed by atoms with van der Waals surface area (Å²) in [4.78, 5) is 29.4. The van der Waals surface area contributed by atoms with Crippen LogP contribution in [0.15, 0.2) is 79.5 Å². The average molecular weight is 500 g/mol. The number of hydrogen-bond donors (Lipinski definition) is 3. The number of nitrogens with zero attached hydrogens (tertiary/aromatic N) is 4. The van der Waals surface area contributed by atoms with Gasteiger partial charge in [-0.05, 0) is 48.7 Å². The fraction of sp³-hybridized carbons (Fsp3) is 0.167. The molecular weight excluding hydrogens is 474 g/mol. The molecule has 1 aliphatic carbocycles. The first-order valence-corrected chi connectivity index (χ1v) is 12.9. The summed E-state index contributed by atoms with van der Waals surface area (Å²) in [5, 5.41) is 12.8. The van der Waals surface area contributed by atoms with Gasteiger partial charge in [-0.3, -0.25) is 24.8 Å². The van der Waals surface area contributed by atoms with Gasteiger partial charge in [-0.15, -0.1) is 0 Å². The Morgan fingerprint density at radius 1 is 0.868 bits per heavy atom. The molecule has 0 saturated heterocycles. The summed E-state index contributed by atoms with van der Waals surface area (Å²) in [6.07, 6.45) is 13.0. The van der Waals surface area contributed by atoms with Crippen molar-refractivity contribution in [3.63, 3.8) is 0 Å². The standard InChI is InChI=1S/C30H25N7O/c38-30(18-5-1-2-6-18)34-21-11-20(15-32-16-21)26-13-24-28(17-33-26)36-37-29(24)27-12-23-22(8-3-9-25(23)35-27)19-7-4-10-31-14-19/h3-4,7-18,35H,1-2,5-6H2,(H,34,38)(H,36,37). The lowest BCUT2D eigenvalue weighted by atomic mass is 10.0. The number of pyridine rings is 3. The number of benzene rings is 1. The summed E-state index contributed by atoms with van der Waals surface area (Å²) in [6.45, 7) is 0. The molecule has 1 fully saturated rings. The van der Waals surface area contributed by atoms with Crippen LogP contribution in [0, 0.1) is 5.92 Å². The van der Waals surface area contributed by atoms with E-state index in [0.29, 0.717) is 5.69 Å². The van der Waals surface area contributed by atoms with E-state index in [2.05, 4.69) is 59.7 Å². The Kier molecular flexibility index (Phi) is 5.43. The molecule has 0 radical (unpaired) electrons. The molecule has 38 heavy (non-hydrogen) atoms. The molecule has 0 atom stereocenters. The summed E-state index contributed by atoms with van der Waals surface area (Å²) >= 11 is 0. The first kappa shape index (κ1) is 22.4. The number of carbonyl (C=O) groups is 1. The molecule has 0 bridgehead atoms. The molecule has 1 amide bonds. The maximum Gasteiger partial charge on any atom is 0.227 e. The number of hydrogen-bond acceptors (Lipinski definition) is 5. The Bertz CT molecular complexity index is 1780. The topological polar surface area (TPSA) is 112 Å². The molecule has 5 heterocycles. The minimum atomic E-state index is 0.0754. The first-order valence-electron chi connectivity index (χ1n) is 12.9. The summed E-state index contributed by atoms with van der Waals surface area (Å²) in [5.74, 6) is 0.169. The van der Waals surface area contributed by atoms with Crippen LogP contribution in [0.4, 0.5) is 5.69 Å².